The Hall–Kier alpha value is -3.60. The van der Waals surface area contributed by atoms with Crippen molar-refractivity contribution < 1.29 is 9.59 Å². The maximum atomic E-state index is 13.7. The molecule has 4 aromatic heterocycles. The molecule has 1 fully saturated rings. The molecule has 0 radical (unpaired) electrons. The number of nitrogen functional groups attached to an aromatic ring is 1. The summed E-state index contributed by atoms with van der Waals surface area (Å²) in [7, 11) is 0. The number of nitrogens with one attached hydrogen (secondary N) is 1. The Morgan fingerprint density at radius 3 is 2.85 bits per heavy atom. The fraction of sp³-hybridized carbons (Fsp3) is 0.304. The highest BCUT2D eigenvalue weighted by molar-refractivity contribution is 9.10. The first-order valence-corrected chi connectivity index (χ1v) is 11.7. The summed E-state index contributed by atoms with van der Waals surface area (Å²) >= 11 is 3.31. The van der Waals surface area contributed by atoms with Crippen molar-refractivity contribution in [3.8, 4) is 0 Å². The molecule has 174 valence electrons. The summed E-state index contributed by atoms with van der Waals surface area (Å²) in [5, 5.41) is 4.36. The maximum Gasteiger partial charge on any atom is 0.248 e. The second-order valence-corrected chi connectivity index (χ2v) is 9.35. The Kier molecular flexibility index (Phi) is 5.64. The van der Waals surface area contributed by atoms with E-state index in [0.717, 1.165) is 10.9 Å². The van der Waals surface area contributed by atoms with Crippen molar-refractivity contribution in [2.75, 3.05) is 11.1 Å². The Balaban J connectivity index is 1.48. The second-order valence-electron chi connectivity index (χ2n) is 8.54. The molecule has 34 heavy (non-hydrogen) atoms. The van der Waals surface area contributed by atoms with Crippen molar-refractivity contribution in [1.29, 1.82) is 0 Å². The molecule has 11 heteroatoms. The number of nitrogens with two attached hydrogens (primary N) is 1. The molecule has 0 unspecified atom stereocenters. The van der Waals surface area contributed by atoms with Crippen molar-refractivity contribution in [1.82, 2.24) is 29.4 Å². The summed E-state index contributed by atoms with van der Waals surface area (Å²) in [5.74, 6) is 0.492. The molecule has 0 bridgehead atoms. The van der Waals surface area contributed by atoms with Gasteiger partial charge in [0.1, 0.15) is 40.8 Å². The van der Waals surface area contributed by atoms with E-state index in [1.165, 1.54) is 6.33 Å². The molecule has 1 aliphatic rings. The Morgan fingerprint density at radius 1 is 1.24 bits per heavy atom. The lowest BCUT2D eigenvalue weighted by atomic mass is 10.0. The Morgan fingerprint density at radius 2 is 2.06 bits per heavy atom. The number of carbonyl (C=O) groups excluding carboxylic acids is 2. The van der Waals surface area contributed by atoms with Gasteiger partial charge in [0.25, 0.3) is 0 Å². The third-order valence-electron chi connectivity index (χ3n) is 6.52. The predicted octanol–water partition coefficient (Wildman–Crippen LogP) is 2.98. The number of fused-ring (bicyclic) bond motifs is 3. The van der Waals surface area contributed by atoms with E-state index in [9.17, 15) is 9.59 Å². The van der Waals surface area contributed by atoms with Crippen LogP contribution in [0.3, 0.4) is 0 Å². The van der Waals surface area contributed by atoms with Crippen LogP contribution < -0.4 is 11.1 Å². The van der Waals surface area contributed by atoms with Crippen LogP contribution in [0.15, 0.2) is 47.6 Å². The van der Waals surface area contributed by atoms with Gasteiger partial charge in [-0.3, -0.25) is 14.6 Å². The lowest BCUT2D eigenvalue weighted by Gasteiger charge is -2.29. The van der Waals surface area contributed by atoms with Gasteiger partial charge < -0.3 is 20.5 Å². The van der Waals surface area contributed by atoms with Gasteiger partial charge in [-0.2, -0.15) is 0 Å². The minimum atomic E-state index is -0.607. The van der Waals surface area contributed by atoms with Crippen molar-refractivity contribution in [2.45, 2.75) is 38.9 Å². The number of hydrogen-bond donors (Lipinski definition) is 2. The first-order valence-electron chi connectivity index (χ1n) is 10.9. The highest BCUT2D eigenvalue weighted by atomic mass is 79.9. The molecule has 10 nitrogen and oxygen atoms in total. The van der Waals surface area contributed by atoms with Crippen LogP contribution in [0.25, 0.3) is 21.9 Å². The van der Waals surface area contributed by atoms with Crippen LogP contribution in [0.1, 0.15) is 20.3 Å². The van der Waals surface area contributed by atoms with Gasteiger partial charge in [0.05, 0.1) is 17.1 Å². The van der Waals surface area contributed by atoms with E-state index < -0.39 is 6.04 Å². The number of nitrogens with zero attached hydrogens (tertiary/aromatic N) is 6. The van der Waals surface area contributed by atoms with Gasteiger partial charge in [0.2, 0.25) is 11.8 Å². The van der Waals surface area contributed by atoms with Crippen LogP contribution >= 0.6 is 15.9 Å². The van der Waals surface area contributed by atoms with Crippen molar-refractivity contribution in [3.63, 3.8) is 0 Å². The number of rotatable bonds is 4. The molecule has 2 amide bonds. The Labute approximate surface area is 203 Å². The minimum absolute atomic E-state index is 0.00186. The Bertz CT molecular complexity index is 1420. The molecule has 5 heterocycles. The predicted molar refractivity (Wildman–Crippen MR) is 132 cm³/mol. The van der Waals surface area contributed by atoms with Gasteiger partial charge in [-0.25, -0.2) is 15.0 Å². The van der Waals surface area contributed by atoms with Gasteiger partial charge in [-0.1, -0.05) is 13.0 Å². The number of amides is 2. The number of hydrogen-bond acceptors (Lipinski definition) is 7. The third kappa shape index (κ3) is 3.75. The lowest BCUT2D eigenvalue weighted by Crippen LogP contribution is -2.47. The summed E-state index contributed by atoms with van der Waals surface area (Å²) in [4.78, 5) is 45.5. The van der Waals surface area contributed by atoms with E-state index in [4.69, 9.17) is 5.73 Å². The number of anilines is 2. The zero-order valence-corrected chi connectivity index (χ0v) is 20.2. The average molecular weight is 523 g/mol. The van der Waals surface area contributed by atoms with E-state index >= 15 is 0 Å². The van der Waals surface area contributed by atoms with Crippen LogP contribution in [0.4, 0.5) is 11.6 Å². The molecule has 0 saturated carbocycles. The minimum Gasteiger partial charge on any atom is -0.383 e. The van der Waals surface area contributed by atoms with Gasteiger partial charge in [0.15, 0.2) is 0 Å². The van der Waals surface area contributed by atoms with E-state index in [1.807, 2.05) is 19.9 Å². The smallest absolute Gasteiger partial charge is 0.248 e. The normalized spacial score (nSPS) is 20.2. The van der Waals surface area contributed by atoms with Gasteiger partial charge in [0, 0.05) is 17.6 Å². The number of carbonyl (C=O) groups is 2. The molecule has 0 aromatic carbocycles. The van der Waals surface area contributed by atoms with Gasteiger partial charge >= 0.3 is 0 Å². The third-order valence-corrected chi connectivity index (χ3v) is 6.96. The monoisotopic (exact) mass is 522 g/mol. The quantitative estimate of drug-likeness (QED) is 0.393. The molecule has 5 rings (SSSR count). The van der Waals surface area contributed by atoms with Crippen molar-refractivity contribution in [2.24, 2.45) is 5.92 Å². The zero-order chi connectivity index (χ0) is 24.0. The zero-order valence-electron chi connectivity index (χ0n) is 18.6. The summed E-state index contributed by atoms with van der Waals surface area (Å²) in [5.41, 5.74) is 7.42. The van der Waals surface area contributed by atoms with E-state index in [1.54, 1.807) is 40.1 Å². The first kappa shape index (κ1) is 22.2. The molecule has 4 aromatic rings. The number of aromatic nitrogens is 5. The van der Waals surface area contributed by atoms with Crippen LogP contribution in [0, 0.1) is 5.92 Å². The van der Waals surface area contributed by atoms with E-state index in [-0.39, 0.29) is 30.3 Å². The topological polar surface area (TPSA) is 132 Å². The molecule has 0 aliphatic carbocycles. The highest BCUT2D eigenvalue weighted by Crippen LogP contribution is 2.33. The lowest BCUT2D eigenvalue weighted by molar-refractivity contribution is -0.139. The molecule has 3 atom stereocenters. The van der Waals surface area contributed by atoms with Crippen LogP contribution in [0.2, 0.25) is 0 Å². The van der Waals surface area contributed by atoms with Gasteiger partial charge in [-0.15, -0.1) is 0 Å². The second kappa shape index (κ2) is 8.64. The molecule has 1 aliphatic heterocycles. The van der Waals surface area contributed by atoms with E-state index in [0.29, 0.717) is 33.7 Å². The number of halogens is 1. The summed E-state index contributed by atoms with van der Waals surface area (Å²) in [6.07, 6.45) is 5.30. The van der Waals surface area contributed by atoms with Gasteiger partial charge in [-0.05, 0) is 53.4 Å². The van der Waals surface area contributed by atoms with Crippen LogP contribution in [0.5, 0.6) is 0 Å². The molecular weight excluding hydrogens is 500 g/mol. The van der Waals surface area contributed by atoms with Crippen molar-refractivity contribution >= 4 is 61.3 Å². The molecule has 1 saturated heterocycles. The van der Waals surface area contributed by atoms with E-state index in [2.05, 4.69) is 41.2 Å². The summed E-state index contributed by atoms with van der Waals surface area (Å²) in [6.45, 7) is 4.02. The molecule has 3 N–H and O–H groups in total. The average Bonchev–Trinajstić information content (AvgIpc) is 3.29. The largest absolute Gasteiger partial charge is 0.383 e. The highest BCUT2D eigenvalue weighted by Gasteiger charge is 2.43. The summed E-state index contributed by atoms with van der Waals surface area (Å²) in [6, 6.07) is 6.40. The number of likely N-dealkylation sites (tertiary alicyclic amines) is 1. The summed E-state index contributed by atoms with van der Waals surface area (Å²) < 4.78 is 2.41. The van der Waals surface area contributed by atoms with Crippen LogP contribution in [-0.2, 0) is 16.1 Å². The molecule has 0 spiro atoms. The number of pyridine rings is 2. The maximum absolute atomic E-state index is 13.7. The van der Waals surface area contributed by atoms with Crippen LogP contribution in [-0.4, -0.2) is 53.3 Å². The SMILES string of the molecule is C[C@@H]1[C@@H](C)C[C@@H](C(=O)Nc2cccc(Br)n2)N1C(=O)Cn1c2cnccc2c2c(N)ncnc21. The molecular formula is C23H23BrN8O2. The fourth-order valence-electron chi connectivity index (χ4n) is 4.70. The fourth-order valence-corrected chi connectivity index (χ4v) is 5.04. The standard InChI is InChI=1S/C23H23BrN8O2/c1-12-8-15(23(34)30-18-5-3-4-17(24)29-18)32(13(12)2)19(33)10-31-16-9-26-7-6-14(16)20-21(25)27-11-28-22(20)31/h3-7,9,11-13,15H,8,10H2,1-2H3,(H2,25,27,28)(H,29,30,34)/t12-,13+,15-/m0/s1. The first-order chi connectivity index (χ1) is 16.3. The van der Waals surface area contributed by atoms with Crippen molar-refractivity contribution in [3.05, 3.63) is 47.6 Å².